The van der Waals surface area contributed by atoms with Crippen molar-refractivity contribution in [2.75, 3.05) is 49.6 Å². The van der Waals surface area contributed by atoms with Crippen molar-refractivity contribution in [1.82, 2.24) is 9.88 Å². The summed E-state index contributed by atoms with van der Waals surface area (Å²) in [5.41, 5.74) is 4.13. The van der Waals surface area contributed by atoms with Crippen molar-refractivity contribution in [3.05, 3.63) is 70.5 Å². The Morgan fingerprint density at radius 2 is 1.94 bits per heavy atom. The molecule has 0 radical (unpaired) electrons. The fourth-order valence-corrected chi connectivity index (χ4v) is 4.36. The molecule has 0 saturated carbocycles. The quantitative estimate of drug-likeness (QED) is 0.428. The molecule has 0 unspecified atom stereocenters. The lowest BCUT2D eigenvalue weighted by molar-refractivity contribution is -0.384. The van der Waals surface area contributed by atoms with Gasteiger partial charge < -0.3 is 19.1 Å². The Hall–Kier alpha value is -3.72. The molecule has 1 fully saturated rings. The zero-order valence-electron chi connectivity index (χ0n) is 18.5. The number of halogens is 1. The van der Waals surface area contributed by atoms with E-state index in [1.54, 1.807) is 6.07 Å². The maximum absolute atomic E-state index is 15.2. The van der Waals surface area contributed by atoms with Crippen LogP contribution in [0.1, 0.15) is 18.4 Å². The number of fused-ring (bicyclic) bond motifs is 2. The van der Waals surface area contributed by atoms with Crippen molar-refractivity contribution in [3.63, 3.8) is 0 Å². The number of non-ortho nitro benzene ring substituents is 1. The van der Waals surface area contributed by atoms with Gasteiger partial charge in [-0.1, -0.05) is 6.58 Å². The third-order valence-electron chi connectivity index (χ3n) is 6.31. The number of allylic oxidation sites excluding steroid dienone is 2. The zero-order chi connectivity index (χ0) is 23.3. The second-order valence-electron chi connectivity index (χ2n) is 8.35. The lowest BCUT2D eigenvalue weighted by atomic mass is 9.93. The molecule has 170 valence electrons. The number of likely N-dealkylation sites (N-methyl/N-ethyl adjacent to an activating group) is 1. The van der Waals surface area contributed by atoms with E-state index in [4.69, 9.17) is 4.42 Å². The van der Waals surface area contributed by atoms with E-state index in [-0.39, 0.29) is 11.5 Å². The minimum Gasteiger partial charge on any atom is -0.436 e. The van der Waals surface area contributed by atoms with Crippen LogP contribution in [0.3, 0.4) is 0 Å². The topological polar surface area (TPSA) is 78.9 Å². The molecule has 0 spiro atoms. The Labute approximate surface area is 190 Å². The first-order chi connectivity index (χ1) is 15.9. The van der Waals surface area contributed by atoms with E-state index in [1.165, 1.54) is 18.2 Å². The van der Waals surface area contributed by atoms with Crippen LogP contribution >= 0.6 is 0 Å². The fraction of sp³-hybridized carbons (Fsp3) is 0.292. The molecule has 0 bridgehead atoms. The number of oxazole rings is 1. The number of piperazine rings is 1. The summed E-state index contributed by atoms with van der Waals surface area (Å²) in [6.45, 7) is 10.2. The van der Waals surface area contributed by atoms with Gasteiger partial charge in [-0.05, 0) is 37.7 Å². The SMILES string of the molecule is C=C1C(c2nc3ccc([N+](=O)[O-])cc3o2)=CN(CC)c2cc(N3CCN(C)CC3)c(F)cc21. The van der Waals surface area contributed by atoms with Gasteiger partial charge in [0, 0.05) is 50.6 Å². The van der Waals surface area contributed by atoms with Gasteiger partial charge in [0.05, 0.1) is 27.9 Å². The van der Waals surface area contributed by atoms with Gasteiger partial charge in [-0.15, -0.1) is 0 Å². The lowest BCUT2D eigenvalue weighted by Crippen LogP contribution is -2.44. The van der Waals surface area contributed by atoms with E-state index in [1.807, 2.05) is 24.1 Å². The predicted octanol–water partition coefficient (Wildman–Crippen LogP) is 4.52. The number of benzene rings is 2. The molecule has 1 aromatic heterocycles. The molecule has 8 nitrogen and oxygen atoms in total. The van der Waals surface area contributed by atoms with Gasteiger partial charge in [0.25, 0.3) is 5.69 Å². The van der Waals surface area contributed by atoms with E-state index in [9.17, 15) is 10.1 Å². The number of nitro benzene ring substituents is 1. The smallest absolute Gasteiger partial charge is 0.273 e. The van der Waals surface area contributed by atoms with Crippen molar-refractivity contribution in [1.29, 1.82) is 0 Å². The standard InChI is InChI=1S/C24H24FN5O3/c1-4-28-14-18(24-26-20-6-5-16(30(31)32)11-23(20)33-24)15(2)17-12-19(25)22(13-21(17)28)29-9-7-27(3)8-10-29/h5-6,11-14H,2,4,7-10H2,1,3H3. The van der Waals surface area contributed by atoms with E-state index in [0.717, 1.165) is 31.9 Å². The summed E-state index contributed by atoms with van der Waals surface area (Å²) in [5, 5.41) is 11.1. The highest BCUT2D eigenvalue weighted by atomic mass is 19.1. The number of nitro groups is 1. The lowest BCUT2D eigenvalue weighted by Gasteiger charge is -2.36. The van der Waals surface area contributed by atoms with Crippen LogP contribution in [0.5, 0.6) is 0 Å². The van der Waals surface area contributed by atoms with Crippen LogP contribution in [0.4, 0.5) is 21.5 Å². The highest BCUT2D eigenvalue weighted by molar-refractivity contribution is 6.08. The predicted molar refractivity (Wildman–Crippen MR) is 127 cm³/mol. The maximum atomic E-state index is 15.2. The first kappa shape index (κ1) is 21.1. The maximum Gasteiger partial charge on any atom is 0.273 e. The third kappa shape index (κ3) is 3.64. The van der Waals surface area contributed by atoms with Gasteiger partial charge in [-0.3, -0.25) is 10.1 Å². The second-order valence-corrected chi connectivity index (χ2v) is 8.35. The Morgan fingerprint density at radius 1 is 1.18 bits per heavy atom. The fourth-order valence-electron chi connectivity index (χ4n) is 4.36. The zero-order valence-corrected chi connectivity index (χ0v) is 18.5. The molecule has 2 aromatic carbocycles. The monoisotopic (exact) mass is 449 g/mol. The summed E-state index contributed by atoms with van der Waals surface area (Å²) in [4.78, 5) is 21.4. The van der Waals surface area contributed by atoms with E-state index < -0.39 is 4.92 Å². The molecule has 0 amide bonds. The van der Waals surface area contributed by atoms with Gasteiger partial charge in [0.1, 0.15) is 11.3 Å². The Morgan fingerprint density at radius 3 is 2.64 bits per heavy atom. The molecule has 2 aliphatic heterocycles. The van der Waals surface area contributed by atoms with E-state index in [2.05, 4.69) is 28.4 Å². The summed E-state index contributed by atoms with van der Waals surface area (Å²) in [7, 11) is 2.07. The average Bonchev–Trinajstić information content (AvgIpc) is 3.23. The molecule has 2 aliphatic rings. The first-order valence-corrected chi connectivity index (χ1v) is 10.9. The molecule has 3 heterocycles. The van der Waals surface area contributed by atoms with Gasteiger partial charge in [-0.25, -0.2) is 9.37 Å². The van der Waals surface area contributed by atoms with Gasteiger partial charge in [0.2, 0.25) is 5.89 Å². The summed E-state index contributed by atoms with van der Waals surface area (Å²) in [6, 6.07) is 7.73. The molecule has 0 N–H and O–H groups in total. The van der Waals surface area contributed by atoms with Gasteiger partial charge in [-0.2, -0.15) is 0 Å². The van der Waals surface area contributed by atoms with E-state index >= 15 is 4.39 Å². The van der Waals surface area contributed by atoms with Crippen LogP contribution in [0.15, 0.2) is 47.5 Å². The van der Waals surface area contributed by atoms with Crippen LogP contribution in [0.25, 0.3) is 22.2 Å². The molecule has 5 rings (SSSR count). The van der Waals surface area contributed by atoms with Crippen molar-refractivity contribution in [3.8, 4) is 0 Å². The molecule has 0 atom stereocenters. The highest BCUT2D eigenvalue weighted by Crippen LogP contribution is 2.43. The normalized spacial score (nSPS) is 16.8. The molecule has 33 heavy (non-hydrogen) atoms. The van der Waals surface area contributed by atoms with Crippen LogP contribution in [-0.2, 0) is 0 Å². The molecule has 3 aromatic rings. The second kappa shape index (κ2) is 8.00. The number of hydrogen-bond acceptors (Lipinski definition) is 7. The van der Waals surface area contributed by atoms with Crippen LogP contribution in [-0.4, -0.2) is 54.6 Å². The molecule has 9 heteroatoms. The Bertz CT molecular complexity index is 1310. The van der Waals surface area contributed by atoms with Crippen LogP contribution < -0.4 is 9.80 Å². The molecule has 1 saturated heterocycles. The van der Waals surface area contributed by atoms with E-state index in [0.29, 0.717) is 45.9 Å². The Balaban J connectivity index is 1.54. The van der Waals surface area contributed by atoms with Gasteiger partial charge in [0.15, 0.2) is 5.58 Å². The van der Waals surface area contributed by atoms with Crippen molar-refractivity contribution in [2.45, 2.75) is 6.92 Å². The van der Waals surface area contributed by atoms with Crippen molar-refractivity contribution < 1.29 is 13.7 Å². The molecule has 0 aliphatic carbocycles. The minimum absolute atomic E-state index is 0.0688. The summed E-state index contributed by atoms with van der Waals surface area (Å²) >= 11 is 0. The number of aromatic nitrogens is 1. The number of anilines is 2. The van der Waals surface area contributed by atoms with Crippen LogP contribution in [0, 0.1) is 15.9 Å². The number of hydrogen-bond donors (Lipinski definition) is 0. The third-order valence-corrected chi connectivity index (χ3v) is 6.31. The van der Waals surface area contributed by atoms with Crippen LogP contribution in [0.2, 0.25) is 0 Å². The van der Waals surface area contributed by atoms with Gasteiger partial charge >= 0.3 is 0 Å². The van der Waals surface area contributed by atoms with Crippen molar-refractivity contribution >= 4 is 39.3 Å². The minimum atomic E-state index is -0.476. The first-order valence-electron chi connectivity index (χ1n) is 10.9. The summed E-state index contributed by atoms with van der Waals surface area (Å²) in [6.07, 6.45) is 1.90. The highest BCUT2D eigenvalue weighted by Gasteiger charge is 2.28. The molecular weight excluding hydrogens is 425 g/mol. The summed E-state index contributed by atoms with van der Waals surface area (Å²) in [5.74, 6) is 0.00750. The molecular formula is C24H24FN5O3. The number of nitrogens with zero attached hydrogens (tertiary/aromatic N) is 5. The van der Waals surface area contributed by atoms with Crippen molar-refractivity contribution in [2.24, 2.45) is 0 Å². The summed E-state index contributed by atoms with van der Waals surface area (Å²) < 4.78 is 21.1. The Kier molecular flexibility index (Phi) is 5.13. The average molecular weight is 449 g/mol. The number of rotatable bonds is 4. The largest absolute Gasteiger partial charge is 0.436 e.